The van der Waals surface area contributed by atoms with Gasteiger partial charge in [-0.05, 0) is 12.1 Å². The number of carbonyl (C=O) groups excluding carboxylic acids is 4. The second-order valence-electron chi connectivity index (χ2n) is 6.75. The Bertz CT molecular complexity index is 1090. The third kappa shape index (κ3) is 6.59. The van der Waals surface area contributed by atoms with Crippen molar-refractivity contribution in [1.29, 1.82) is 0 Å². The molecular weight excluding hydrogens is 577 g/mol. The minimum atomic E-state index is -1.86. The molecule has 2 aromatic rings. The lowest BCUT2D eigenvalue weighted by Gasteiger charge is -2.23. The fourth-order valence-corrected chi connectivity index (χ4v) is 3.35. The van der Waals surface area contributed by atoms with Gasteiger partial charge in [0.05, 0.1) is 22.5 Å². The van der Waals surface area contributed by atoms with Crippen molar-refractivity contribution in [2.75, 3.05) is 23.8 Å². The van der Waals surface area contributed by atoms with Crippen LogP contribution in [0.15, 0.2) is 36.4 Å². The van der Waals surface area contributed by atoms with Gasteiger partial charge in [-0.2, -0.15) is 0 Å². The zero-order valence-corrected chi connectivity index (χ0v) is 21.1. The molecule has 0 heterocycles. The van der Waals surface area contributed by atoms with Crippen LogP contribution in [0.1, 0.15) is 31.8 Å². The maximum atomic E-state index is 13.3. The molecule has 1 aliphatic carbocycles. The molecule has 2 N–H and O–H groups in total. The van der Waals surface area contributed by atoms with Crippen molar-refractivity contribution in [3.63, 3.8) is 0 Å². The Kier molecular flexibility index (Phi) is 8.12. The van der Waals surface area contributed by atoms with Gasteiger partial charge < -0.3 is 9.47 Å². The van der Waals surface area contributed by atoms with E-state index >= 15 is 0 Å². The maximum absolute atomic E-state index is 13.3. The minimum absolute atomic E-state index is 0.0719. The Hall–Kier alpha value is -1.94. The van der Waals surface area contributed by atoms with E-state index in [0.29, 0.717) is 0 Å². The number of hydrogen-bond donors (Lipinski definition) is 2. The van der Waals surface area contributed by atoms with Crippen LogP contribution in [-0.2, 0) is 9.47 Å². The summed E-state index contributed by atoms with van der Waals surface area (Å²) in [6, 6.07) is 8.62. The van der Waals surface area contributed by atoms with E-state index in [4.69, 9.17) is 79.1 Å². The van der Waals surface area contributed by atoms with E-state index in [1.54, 1.807) is 12.1 Å². The van der Waals surface area contributed by atoms with Crippen molar-refractivity contribution in [3.8, 4) is 0 Å². The predicted octanol–water partition coefficient (Wildman–Crippen LogP) is 6.30. The monoisotopic (exact) mass is 586 g/mol. The van der Waals surface area contributed by atoms with Crippen LogP contribution in [-0.4, -0.2) is 44.6 Å². The van der Waals surface area contributed by atoms with Crippen molar-refractivity contribution >= 4 is 105 Å². The van der Waals surface area contributed by atoms with Crippen LogP contribution in [0.2, 0.25) is 0 Å². The van der Waals surface area contributed by atoms with Gasteiger partial charge in [-0.15, -0.1) is 0 Å². The lowest BCUT2D eigenvalue weighted by atomic mass is 9.82. The summed E-state index contributed by atoms with van der Waals surface area (Å²) in [5.74, 6) is -1.17. The standard InChI is InChI=1S/C20H12Cl6N2O6/c21-19(22,23)7-33-17(31)27-11-5-6-12(28-18(32)34-8-20(24,25)26)14-13(11)15(29)9-3-1-2-4-10(9)16(14)30/h1-6H,7-8H2,(H,27,31)(H,28,32). The highest BCUT2D eigenvalue weighted by Gasteiger charge is 2.35. The van der Waals surface area contributed by atoms with Gasteiger partial charge in [0.25, 0.3) is 0 Å². The van der Waals surface area contributed by atoms with Gasteiger partial charge in [0.2, 0.25) is 7.59 Å². The number of ketones is 2. The van der Waals surface area contributed by atoms with Crippen LogP contribution in [0, 0.1) is 0 Å². The van der Waals surface area contributed by atoms with Gasteiger partial charge in [-0.25, -0.2) is 9.59 Å². The Morgan fingerprint density at radius 1 is 0.676 bits per heavy atom. The molecule has 0 aliphatic heterocycles. The molecule has 180 valence electrons. The van der Waals surface area contributed by atoms with E-state index in [9.17, 15) is 19.2 Å². The number of carbonyl (C=O) groups is 4. The summed E-state index contributed by atoms with van der Waals surface area (Å²) < 4.78 is 5.93. The van der Waals surface area contributed by atoms with Crippen LogP contribution >= 0.6 is 69.6 Å². The Morgan fingerprint density at radius 3 is 1.35 bits per heavy atom. The van der Waals surface area contributed by atoms with Crippen LogP contribution in [0.4, 0.5) is 21.0 Å². The lowest BCUT2D eigenvalue weighted by Crippen LogP contribution is -2.28. The summed E-state index contributed by atoms with van der Waals surface area (Å²) in [6.07, 6.45) is -2.09. The van der Waals surface area contributed by atoms with Crippen LogP contribution in [0.5, 0.6) is 0 Å². The normalized spacial score (nSPS) is 13.0. The van der Waals surface area contributed by atoms with E-state index in [1.165, 1.54) is 24.3 Å². The van der Waals surface area contributed by atoms with Gasteiger partial charge in [0.1, 0.15) is 13.2 Å². The predicted molar refractivity (Wildman–Crippen MR) is 130 cm³/mol. The number of amides is 2. The molecule has 2 aromatic carbocycles. The number of ether oxygens (including phenoxy) is 2. The summed E-state index contributed by atoms with van der Waals surface area (Å²) in [4.78, 5) is 50.9. The molecule has 0 bridgehead atoms. The highest BCUT2D eigenvalue weighted by molar-refractivity contribution is 6.68. The van der Waals surface area contributed by atoms with E-state index in [0.717, 1.165) is 0 Å². The Labute approximate surface area is 222 Å². The first-order valence-electron chi connectivity index (χ1n) is 9.13. The maximum Gasteiger partial charge on any atom is 0.411 e. The average molecular weight is 589 g/mol. The highest BCUT2D eigenvalue weighted by Crippen LogP contribution is 2.37. The van der Waals surface area contributed by atoms with Crippen molar-refractivity contribution in [1.82, 2.24) is 0 Å². The molecule has 8 nitrogen and oxygen atoms in total. The van der Waals surface area contributed by atoms with E-state index in [1.807, 2.05) is 0 Å². The molecule has 2 amide bonds. The number of benzene rings is 2. The second-order valence-corrected chi connectivity index (χ2v) is 11.8. The molecule has 14 heteroatoms. The summed E-state index contributed by atoms with van der Waals surface area (Å²) in [6.45, 7) is -1.15. The number of alkyl halides is 6. The summed E-state index contributed by atoms with van der Waals surface area (Å²) in [7, 11) is 0. The van der Waals surface area contributed by atoms with E-state index < -0.39 is 44.6 Å². The van der Waals surface area contributed by atoms with Crippen LogP contribution < -0.4 is 10.6 Å². The van der Waals surface area contributed by atoms with Gasteiger partial charge in [0, 0.05) is 11.1 Å². The first-order chi connectivity index (χ1) is 15.8. The molecule has 0 saturated heterocycles. The van der Waals surface area contributed by atoms with Gasteiger partial charge >= 0.3 is 12.2 Å². The quantitative estimate of drug-likeness (QED) is 0.346. The highest BCUT2D eigenvalue weighted by atomic mass is 35.6. The fourth-order valence-electron chi connectivity index (χ4n) is 3.02. The van der Waals surface area contributed by atoms with Crippen LogP contribution in [0.25, 0.3) is 0 Å². The molecular formula is C20H12Cl6N2O6. The van der Waals surface area contributed by atoms with Crippen LogP contribution in [0.3, 0.4) is 0 Å². The van der Waals surface area contributed by atoms with Crippen molar-refractivity contribution in [2.24, 2.45) is 0 Å². The first-order valence-corrected chi connectivity index (χ1v) is 11.4. The Morgan fingerprint density at radius 2 is 1.03 bits per heavy atom. The zero-order chi connectivity index (χ0) is 25.3. The first kappa shape index (κ1) is 26.7. The van der Waals surface area contributed by atoms with Gasteiger partial charge in [-0.3, -0.25) is 20.2 Å². The second kappa shape index (κ2) is 10.4. The van der Waals surface area contributed by atoms with Crippen molar-refractivity contribution in [2.45, 2.75) is 7.59 Å². The zero-order valence-electron chi connectivity index (χ0n) is 16.6. The number of fused-ring (bicyclic) bond motifs is 2. The van der Waals surface area contributed by atoms with Gasteiger partial charge in [0.15, 0.2) is 11.6 Å². The molecule has 34 heavy (non-hydrogen) atoms. The molecule has 0 radical (unpaired) electrons. The summed E-state index contributed by atoms with van der Waals surface area (Å²) in [5.41, 5.74) is -0.306. The minimum Gasteiger partial charge on any atom is -0.445 e. The molecule has 0 atom stereocenters. The third-order valence-corrected chi connectivity index (χ3v) is 4.94. The van der Waals surface area contributed by atoms with Crippen molar-refractivity contribution in [3.05, 3.63) is 58.7 Å². The largest absolute Gasteiger partial charge is 0.445 e. The summed E-state index contributed by atoms with van der Waals surface area (Å²) in [5, 5.41) is 4.69. The number of anilines is 2. The lowest BCUT2D eigenvalue weighted by molar-refractivity contribution is 0.0980. The molecule has 0 fully saturated rings. The third-order valence-electron chi connectivity index (χ3n) is 4.28. The SMILES string of the molecule is O=C(Nc1ccc(NC(=O)OCC(Cl)(Cl)Cl)c2c1C(=O)c1ccccc1C2=O)OCC(Cl)(Cl)Cl. The fraction of sp³-hybridized carbons (Fsp3) is 0.200. The van der Waals surface area contributed by atoms with E-state index in [2.05, 4.69) is 10.6 Å². The molecule has 0 aromatic heterocycles. The van der Waals surface area contributed by atoms with E-state index in [-0.39, 0.29) is 33.6 Å². The number of halogens is 6. The Balaban J connectivity index is 1.99. The number of nitrogens with one attached hydrogen (secondary N) is 2. The molecule has 3 rings (SSSR count). The average Bonchev–Trinajstić information content (AvgIpc) is 2.74. The molecule has 1 aliphatic rings. The molecule has 0 spiro atoms. The van der Waals surface area contributed by atoms with Gasteiger partial charge in [-0.1, -0.05) is 93.9 Å². The number of rotatable bonds is 4. The van der Waals surface area contributed by atoms with Crippen molar-refractivity contribution < 1.29 is 28.7 Å². The summed E-state index contributed by atoms with van der Waals surface area (Å²) >= 11 is 33.4. The molecule has 0 unspecified atom stereocenters. The number of hydrogen-bond acceptors (Lipinski definition) is 6. The smallest absolute Gasteiger partial charge is 0.411 e. The molecule has 0 saturated carbocycles. The topological polar surface area (TPSA) is 111 Å².